The van der Waals surface area contributed by atoms with Gasteiger partial charge >= 0.3 is 0 Å². The highest BCUT2D eigenvalue weighted by Crippen LogP contribution is 2.21. The summed E-state index contributed by atoms with van der Waals surface area (Å²) in [5, 5.41) is 3.81. The largest absolute Gasteiger partial charge is 0.324 e. The molecular weight excluding hydrogens is 334 g/mol. The van der Waals surface area contributed by atoms with E-state index in [1.54, 1.807) is 24.3 Å². The summed E-state index contributed by atoms with van der Waals surface area (Å²) in [5.74, 6) is -0.304. The Hall–Kier alpha value is -2.18. The maximum absolute atomic E-state index is 12.4. The molecule has 118 valence electrons. The van der Waals surface area contributed by atoms with Crippen LogP contribution in [0.1, 0.15) is 11.8 Å². The minimum atomic E-state index is -0.304. The Bertz CT molecular complexity index is 932. The molecule has 0 saturated carbocycles. The van der Waals surface area contributed by atoms with Gasteiger partial charge in [0.25, 0.3) is 5.56 Å². The molecule has 0 spiro atoms. The van der Waals surface area contributed by atoms with Crippen molar-refractivity contribution in [3.8, 4) is 0 Å². The fourth-order valence-corrected chi connectivity index (χ4v) is 3.33. The number of nitrogens with one attached hydrogen (secondary N) is 1. The number of carbonyl (C=O) groups is 1. The van der Waals surface area contributed by atoms with Crippen LogP contribution >= 0.6 is 22.9 Å². The average molecular weight is 348 g/mol. The predicted molar refractivity (Wildman–Crippen MR) is 93.3 cm³/mol. The quantitative estimate of drug-likeness (QED) is 0.787. The fourth-order valence-electron chi connectivity index (χ4n) is 2.22. The van der Waals surface area contributed by atoms with Crippen LogP contribution in [0.2, 0.25) is 5.02 Å². The van der Waals surface area contributed by atoms with Crippen LogP contribution < -0.4 is 10.9 Å². The van der Waals surface area contributed by atoms with E-state index < -0.39 is 0 Å². The van der Waals surface area contributed by atoms with E-state index in [0.29, 0.717) is 20.9 Å². The molecule has 0 unspecified atom stereocenters. The van der Waals surface area contributed by atoms with Crippen molar-refractivity contribution in [3.63, 3.8) is 0 Å². The van der Waals surface area contributed by atoms with E-state index in [0.717, 1.165) is 11.3 Å². The van der Waals surface area contributed by atoms with Crippen molar-refractivity contribution >= 4 is 44.7 Å². The zero-order valence-corrected chi connectivity index (χ0v) is 13.9. The van der Waals surface area contributed by atoms with E-state index in [-0.39, 0.29) is 18.0 Å². The van der Waals surface area contributed by atoms with Crippen LogP contribution in [0.25, 0.3) is 10.2 Å². The van der Waals surface area contributed by atoms with Crippen LogP contribution in [0.3, 0.4) is 0 Å². The smallest absolute Gasteiger partial charge is 0.262 e. The molecule has 3 rings (SSSR count). The molecule has 1 amide bonds. The van der Waals surface area contributed by atoms with Crippen LogP contribution in [0, 0.1) is 0 Å². The van der Waals surface area contributed by atoms with Crippen LogP contribution in [-0.2, 0) is 17.8 Å². The number of nitrogens with zero attached hydrogens (tertiary/aromatic N) is 2. The SMILES string of the molecule is CCc1cc2c(=O)n(CC(=O)Nc3cccc(Cl)c3)cnc2s1. The Morgan fingerprint density at radius 3 is 2.96 bits per heavy atom. The standard InChI is InChI=1S/C16H14ClN3O2S/c1-2-12-7-13-15(23-12)18-9-20(16(13)22)8-14(21)19-11-5-3-4-10(17)6-11/h3-7,9H,2,8H2,1H3,(H,19,21). The Kier molecular flexibility index (Phi) is 4.45. The van der Waals surface area contributed by atoms with Crippen LogP contribution in [-0.4, -0.2) is 15.5 Å². The molecule has 0 radical (unpaired) electrons. The molecule has 23 heavy (non-hydrogen) atoms. The second-order valence-corrected chi connectivity index (χ2v) is 6.57. The van der Waals surface area contributed by atoms with Gasteiger partial charge < -0.3 is 5.32 Å². The first-order valence-corrected chi connectivity index (χ1v) is 8.29. The average Bonchev–Trinajstić information content (AvgIpc) is 2.94. The highest BCUT2D eigenvalue weighted by molar-refractivity contribution is 7.18. The van der Waals surface area contributed by atoms with E-state index in [9.17, 15) is 9.59 Å². The first-order chi connectivity index (χ1) is 11.1. The molecule has 0 aliphatic carbocycles. The lowest BCUT2D eigenvalue weighted by atomic mass is 10.3. The molecule has 0 aliphatic rings. The molecule has 0 atom stereocenters. The van der Waals surface area contributed by atoms with Crippen molar-refractivity contribution in [2.45, 2.75) is 19.9 Å². The number of fused-ring (bicyclic) bond motifs is 1. The predicted octanol–water partition coefficient (Wildman–Crippen LogP) is 3.31. The van der Waals surface area contributed by atoms with E-state index in [1.165, 1.54) is 22.2 Å². The summed E-state index contributed by atoms with van der Waals surface area (Å²) in [4.78, 5) is 30.6. The number of rotatable bonds is 4. The summed E-state index contributed by atoms with van der Waals surface area (Å²) in [7, 11) is 0. The number of carbonyl (C=O) groups excluding carboxylic acids is 1. The minimum absolute atomic E-state index is 0.0917. The second-order valence-electron chi connectivity index (χ2n) is 5.02. The van der Waals surface area contributed by atoms with Crippen molar-refractivity contribution in [2.24, 2.45) is 0 Å². The van der Waals surface area contributed by atoms with Gasteiger partial charge in [-0.1, -0.05) is 24.6 Å². The Morgan fingerprint density at radius 2 is 2.22 bits per heavy atom. The highest BCUT2D eigenvalue weighted by atomic mass is 35.5. The summed E-state index contributed by atoms with van der Waals surface area (Å²) in [6.07, 6.45) is 2.27. The Labute approximate surface area is 141 Å². The van der Waals surface area contributed by atoms with E-state index in [2.05, 4.69) is 10.3 Å². The highest BCUT2D eigenvalue weighted by Gasteiger charge is 2.11. The summed E-state index contributed by atoms with van der Waals surface area (Å²) < 4.78 is 1.31. The maximum Gasteiger partial charge on any atom is 0.262 e. The van der Waals surface area contributed by atoms with Gasteiger partial charge in [-0.15, -0.1) is 11.3 Å². The lowest BCUT2D eigenvalue weighted by Crippen LogP contribution is -2.27. The van der Waals surface area contributed by atoms with Gasteiger partial charge in [-0.3, -0.25) is 14.2 Å². The van der Waals surface area contributed by atoms with E-state index >= 15 is 0 Å². The molecule has 5 nitrogen and oxygen atoms in total. The number of anilines is 1. The van der Waals surface area contributed by atoms with Crippen LogP contribution in [0.15, 0.2) is 41.5 Å². The number of aryl methyl sites for hydroxylation is 1. The van der Waals surface area contributed by atoms with Gasteiger partial charge in [0.15, 0.2) is 0 Å². The third-order valence-electron chi connectivity index (χ3n) is 3.34. The monoisotopic (exact) mass is 347 g/mol. The van der Waals surface area contributed by atoms with E-state index in [4.69, 9.17) is 11.6 Å². The lowest BCUT2D eigenvalue weighted by Gasteiger charge is -2.07. The molecule has 1 N–H and O–H groups in total. The maximum atomic E-state index is 12.4. The minimum Gasteiger partial charge on any atom is -0.324 e. The number of hydrogen-bond acceptors (Lipinski definition) is 4. The van der Waals surface area contributed by atoms with Gasteiger partial charge in [0.1, 0.15) is 11.4 Å². The molecule has 0 aliphatic heterocycles. The lowest BCUT2D eigenvalue weighted by molar-refractivity contribution is -0.116. The van der Waals surface area contributed by atoms with Crippen LogP contribution in [0.5, 0.6) is 0 Å². The van der Waals surface area contributed by atoms with Gasteiger partial charge in [-0.05, 0) is 30.7 Å². The van der Waals surface area contributed by atoms with Crippen molar-refractivity contribution in [2.75, 3.05) is 5.32 Å². The molecule has 7 heteroatoms. The molecule has 2 heterocycles. The number of hydrogen-bond donors (Lipinski definition) is 1. The van der Waals surface area contributed by atoms with Crippen molar-refractivity contribution in [1.29, 1.82) is 0 Å². The zero-order chi connectivity index (χ0) is 16.4. The Morgan fingerprint density at radius 1 is 1.39 bits per heavy atom. The topological polar surface area (TPSA) is 64.0 Å². The summed E-state index contributed by atoms with van der Waals surface area (Å²) in [5.41, 5.74) is 0.389. The Balaban J connectivity index is 1.82. The molecule has 0 fully saturated rings. The number of amides is 1. The van der Waals surface area contributed by atoms with Crippen molar-refractivity contribution < 1.29 is 4.79 Å². The molecule has 2 aromatic heterocycles. The first kappa shape index (κ1) is 15.7. The number of thiophene rings is 1. The number of halogens is 1. The second kappa shape index (κ2) is 6.52. The molecule has 3 aromatic rings. The van der Waals surface area contributed by atoms with Gasteiger partial charge in [-0.25, -0.2) is 4.98 Å². The first-order valence-electron chi connectivity index (χ1n) is 7.10. The fraction of sp³-hybridized carbons (Fsp3) is 0.188. The van der Waals surface area contributed by atoms with Gasteiger partial charge in [-0.2, -0.15) is 0 Å². The van der Waals surface area contributed by atoms with E-state index in [1.807, 2.05) is 13.0 Å². The normalized spacial score (nSPS) is 10.9. The third-order valence-corrected chi connectivity index (χ3v) is 4.76. The van der Waals surface area contributed by atoms with Crippen molar-refractivity contribution in [1.82, 2.24) is 9.55 Å². The molecule has 0 bridgehead atoms. The third kappa shape index (κ3) is 3.43. The van der Waals surface area contributed by atoms with Crippen LogP contribution in [0.4, 0.5) is 5.69 Å². The van der Waals surface area contributed by atoms with Gasteiger partial charge in [0.2, 0.25) is 5.91 Å². The molecule has 0 saturated heterocycles. The molecule has 1 aromatic carbocycles. The van der Waals surface area contributed by atoms with Gasteiger partial charge in [0.05, 0.1) is 11.7 Å². The van der Waals surface area contributed by atoms with Gasteiger partial charge in [0, 0.05) is 15.6 Å². The van der Waals surface area contributed by atoms with Crippen molar-refractivity contribution in [3.05, 3.63) is 56.9 Å². The zero-order valence-electron chi connectivity index (χ0n) is 12.4. The summed E-state index contributed by atoms with van der Waals surface area (Å²) in [6, 6.07) is 8.70. The number of benzene rings is 1. The summed E-state index contributed by atoms with van der Waals surface area (Å²) >= 11 is 7.38. The number of aromatic nitrogens is 2. The molecular formula is C16H14ClN3O2S. The summed E-state index contributed by atoms with van der Waals surface area (Å²) in [6.45, 7) is 1.94.